The van der Waals surface area contributed by atoms with Crippen molar-refractivity contribution in [2.75, 3.05) is 5.75 Å². The van der Waals surface area contributed by atoms with Crippen molar-refractivity contribution in [3.63, 3.8) is 0 Å². The highest BCUT2D eigenvalue weighted by atomic mass is 32.2. The molecule has 0 saturated heterocycles. The van der Waals surface area contributed by atoms with Crippen LogP contribution in [0.5, 0.6) is 0 Å². The summed E-state index contributed by atoms with van der Waals surface area (Å²) in [5.74, 6) is -0.198. The van der Waals surface area contributed by atoms with Crippen LogP contribution in [0.3, 0.4) is 0 Å². The van der Waals surface area contributed by atoms with E-state index in [4.69, 9.17) is 0 Å². The molecule has 26 heavy (non-hydrogen) atoms. The van der Waals surface area contributed by atoms with E-state index in [1.54, 1.807) is 0 Å². The van der Waals surface area contributed by atoms with Crippen LogP contribution < -0.4 is 5.32 Å². The van der Waals surface area contributed by atoms with Crippen LogP contribution in [0.15, 0.2) is 40.9 Å². The minimum atomic E-state index is -0.265. The molecule has 1 aromatic rings. The second-order valence-corrected chi connectivity index (χ2v) is 7.83. The summed E-state index contributed by atoms with van der Waals surface area (Å²) in [6, 6.07) is 12.0. The monoisotopic (exact) mass is 371 g/mol. The molecule has 0 aliphatic carbocycles. The number of nitrogens with zero attached hydrogens (tertiary/aromatic N) is 2. The fraction of sp³-hybridized carbons (Fsp3) is 0.450. The van der Waals surface area contributed by atoms with Crippen LogP contribution in [0.4, 0.5) is 0 Å². The maximum atomic E-state index is 12.6. The van der Waals surface area contributed by atoms with Crippen LogP contribution in [0.1, 0.15) is 45.6 Å². The summed E-state index contributed by atoms with van der Waals surface area (Å²) in [6.45, 7) is 7.93. The highest BCUT2D eigenvalue weighted by Gasteiger charge is 2.30. The Morgan fingerprint density at radius 3 is 2.42 bits per heavy atom. The van der Waals surface area contributed by atoms with Gasteiger partial charge in [-0.25, -0.2) is 0 Å². The Labute approximate surface area is 159 Å². The third kappa shape index (κ3) is 4.67. The van der Waals surface area contributed by atoms with E-state index in [-0.39, 0.29) is 42.0 Å². The predicted molar refractivity (Wildman–Crippen MR) is 104 cm³/mol. The molecular weight excluding hydrogens is 346 g/mol. The first-order valence-corrected chi connectivity index (χ1v) is 9.76. The van der Waals surface area contributed by atoms with Crippen molar-refractivity contribution in [1.82, 2.24) is 10.2 Å². The van der Waals surface area contributed by atoms with Crippen LogP contribution in [-0.4, -0.2) is 34.6 Å². The molecule has 6 heteroatoms. The third-order valence-corrected chi connectivity index (χ3v) is 5.30. The largest absolute Gasteiger partial charge is 0.337 e. The van der Waals surface area contributed by atoms with Gasteiger partial charge in [0.15, 0.2) is 0 Å². The molecule has 138 valence electrons. The molecule has 0 fully saturated rings. The van der Waals surface area contributed by atoms with Crippen molar-refractivity contribution in [3.05, 3.63) is 46.5 Å². The van der Waals surface area contributed by atoms with Crippen LogP contribution >= 0.6 is 11.8 Å². The lowest BCUT2D eigenvalue weighted by Gasteiger charge is -2.31. The van der Waals surface area contributed by atoms with Crippen LogP contribution in [0, 0.1) is 11.3 Å². The Balaban J connectivity index is 2.23. The van der Waals surface area contributed by atoms with E-state index in [2.05, 4.69) is 11.4 Å². The molecule has 2 amide bonds. The second kappa shape index (κ2) is 8.91. The highest BCUT2D eigenvalue weighted by molar-refractivity contribution is 8.03. The standard InChI is InChI=1S/C20H25N3O2S/c1-13(2)23(14(3)4)19(25)12-26-20-17(11-21)16(10-18(24)22-20)15-8-6-5-7-9-15/h5-9,13-14,16H,10,12H2,1-4H3,(H,22,24)/t16-/m1/s1. The summed E-state index contributed by atoms with van der Waals surface area (Å²) < 4.78 is 0. The van der Waals surface area contributed by atoms with Gasteiger partial charge in [-0.1, -0.05) is 42.1 Å². The van der Waals surface area contributed by atoms with Gasteiger partial charge in [0.25, 0.3) is 0 Å². The van der Waals surface area contributed by atoms with Crippen LogP contribution in [0.25, 0.3) is 0 Å². The number of allylic oxidation sites excluding steroid dienone is 1. The van der Waals surface area contributed by atoms with Gasteiger partial charge >= 0.3 is 0 Å². The quantitative estimate of drug-likeness (QED) is 0.832. The molecule has 5 nitrogen and oxygen atoms in total. The minimum absolute atomic E-state index is 0.000809. The summed E-state index contributed by atoms with van der Waals surface area (Å²) >= 11 is 1.24. The third-order valence-electron chi connectivity index (χ3n) is 4.30. The van der Waals surface area contributed by atoms with Crippen molar-refractivity contribution in [2.45, 2.75) is 52.1 Å². The number of thioether (sulfide) groups is 1. The van der Waals surface area contributed by atoms with Gasteiger partial charge in [0, 0.05) is 24.4 Å². The first-order chi connectivity index (χ1) is 12.3. The normalized spacial score (nSPS) is 17.3. The van der Waals surface area contributed by atoms with Crippen molar-refractivity contribution in [1.29, 1.82) is 5.26 Å². The highest BCUT2D eigenvalue weighted by Crippen LogP contribution is 2.35. The molecule has 0 aromatic heterocycles. The molecule has 0 saturated carbocycles. The molecule has 2 rings (SSSR count). The number of carbonyl (C=O) groups excluding carboxylic acids is 2. The average molecular weight is 372 g/mol. The summed E-state index contributed by atoms with van der Waals surface area (Å²) in [4.78, 5) is 26.6. The topological polar surface area (TPSA) is 73.2 Å². The van der Waals surface area contributed by atoms with Gasteiger partial charge in [-0.05, 0) is 33.3 Å². The molecule has 1 aliphatic heterocycles. The molecule has 1 aliphatic rings. The van der Waals surface area contributed by atoms with Gasteiger partial charge in [-0.3, -0.25) is 9.59 Å². The Kier molecular flexibility index (Phi) is 6.87. The minimum Gasteiger partial charge on any atom is -0.337 e. The molecule has 0 bridgehead atoms. The molecule has 0 radical (unpaired) electrons. The van der Waals surface area contributed by atoms with E-state index < -0.39 is 0 Å². The molecule has 0 spiro atoms. The zero-order valence-corrected chi connectivity index (χ0v) is 16.5. The maximum Gasteiger partial charge on any atom is 0.233 e. The fourth-order valence-corrected chi connectivity index (χ4v) is 4.23. The molecular formula is C20H25N3O2S. The number of nitriles is 1. The van der Waals surface area contributed by atoms with Crippen molar-refractivity contribution in [2.24, 2.45) is 0 Å². The molecule has 1 aromatic carbocycles. The van der Waals surface area contributed by atoms with E-state index in [9.17, 15) is 14.9 Å². The Bertz CT molecular complexity index is 727. The number of benzene rings is 1. The number of nitrogens with one attached hydrogen (secondary N) is 1. The fourth-order valence-electron chi connectivity index (χ4n) is 3.28. The zero-order valence-electron chi connectivity index (χ0n) is 15.7. The predicted octanol–water partition coefficient (Wildman–Crippen LogP) is 3.40. The summed E-state index contributed by atoms with van der Waals surface area (Å²) in [7, 11) is 0. The lowest BCUT2D eigenvalue weighted by molar-refractivity contribution is -0.131. The molecule has 1 atom stereocenters. The smallest absolute Gasteiger partial charge is 0.233 e. The van der Waals surface area contributed by atoms with E-state index in [1.807, 2.05) is 62.9 Å². The Morgan fingerprint density at radius 2 is 1.88 bits per heavy atom. The summed E-state index contributed by atoms with van der Waals surface area (Å²) in [5.41, 5.74) is 1.46. The van der Waals surface area contributed by atoms with Gasteiger partial charge in [0.1, 0.15) is 0 Å². The van der Waals surface area contributed by atoms with E-state index >= 15 is 0 Å². The van der Waals surface area contributed by atoms with Crippen molar-refractivity contribution < 1.29 is 9.59 Å². The molecule has 1 N–H and O–H groups in total. The van der Waals surface area contributed by atoms with Crippen molar-refractivity contribution >= 4 is 23.6 Å². The lowest BCUT2D eigenvalue weighted by Crippen LogP contribution is -2.43. The van der Waals surface area contributed by atoms with E-state index in [1.165, 1.54) is 11.8 Å². The molecule has 1 heterocycles. The second-order valence-electron chi connectivity index (χ2n) is 6.85. The van der Waals surface area contributed by atoms with Crippen LogP contribution in [0.2, 0.25) is 0 Å². The lowest BCUT2D eigenvalue weighted by atomic mass is 9.87. The number of amides is 2. The average Bonchev–Trinajstić information content (AvgIpc) is 2.59. The zero-order chi connectivity index (χ0) is 19.3. The van der Waals surface area contributed by atoms with Crippen LogP contribution in [-0.2, 0) is 9.59 Å². The number of hydrogen-bond acceptors (Lipinski definition) is 4. The van der Waals surface area contributed by atoms with Gasteiger partial charge in [-0.15, -0.1) is 0 Å². The van der Waals surface area contributed by atoms with Gasteiger partial charge in [0.05, 0.1) is 22.4 Å². The number of hydrogen-bond donors (Lipinski definition) is 1. The van der Waals surface area contributed by atoms with Gasteiger partial charge in [-0.2, -0.15) is 5.26 Å². The van der Waals surface area contributed by atoms with E-state index in [0.717, 1.165) is 5.56 Å². The van der Waals surface area contributed by atoms with Crippen molar-refractivity contribution in [3.8, 4) is 6.07 Å². The molecule has 0 unspecified atom stereocenters. The Hall–Kier alpha value is -2.26. The summed E-state index contributed by atoms with van der Waals surface area (Å²) in [6.07, 6.45) is 0.245. The first kappa shape index (κ1) is 20.1. The van der Waals surface area contributed by atoms with Gasteiger partial charge < -0.3 is 10.2 Å². The number of rotatable bonds is 6. The SMILES string of the molecule is CC(C)N(C(=O)CSC1=C(C#N)[C@@H](c2ccccc2)CC(=O)N1)C(C)C. The van der Waals surface area contributed by atoms with E-state index in [0.29, 0.717) is 10.6 Å². The van der Waals surface area contributed by atoms with Gasteiger partial charge in [0.2, 0.25) is 11.8 Å². The first-order valence-electron chi connectivity index (χ1n) is 8.78. The number of carbonyl (C=O) groups is 2. The summed E-state index contributed by atoms with van der Waals surface area (Å²) in [5, 5.41) is 12.9. The Morgan fingerprint density at radius 1 is 1.27 bits per heavy atom. The maximum absolute atomic E-state index is 12.6.